The summed E-state index contributed by atoms with van der Waals surface area (Å²) in [4.78, 5) is 10.0. The van der Waals surface area contributed by atoms with Crippen LogP contribution in [0.15, 0.2) is 95.5 Å². The molecule has 0 atom stereocenters. The molecular weight excluding hydrogens is 481 g/mol. The van der Waals surface area contributed by atoms with Crippen LogP contribution < -0.4 is 0 Å². The largest absolute Gasteiger partial charge is 0.276 e. The predicted octanol–water partition coefficient (Wildman–Crippen LogP) is 6.70. The summed E-state index contributed by atoms with van der Waals surface area (Å²) in [7, 11) is 0. The summed E-state index contributed by atoms with van der Waals surface area (Å²) in [6, 6.07) is 29.3. The molecule has 0 aliphatic heterocycles. The lowest BCUT2D eigenvalue weighted by molar-refractivity contribution is 0.620. The number of halogens is 2. The Balaban J connectivity index is 1.88. The van der Waals surface area contributed by atoms with E-state index in [0.29, 0.717) is 16.0 Å². The highest BCUT2D eigenvalue weighted by molar-refractivity contribution is 9.10. The average molecular weight is 496 g/mol. The number of hydrogen-bond donors (Lipinski definition) is 0. The lowest BCUT2D eigenvalue weighted by Gasteiger charge is -2.08. The summed E-state index contributed by atoms with van der Waals surface area (Å²) in [5.74, 6) is 1.06. The molecule has 0 N–H and O–H groups in total. The molecular formula is C26H15BrFN5. The Morgan fingerprint density at radius 2 is 1.09 bits per heavy atom. The standard InChI is InChI=1S/C26H15BrFN5/c27-17-15-16(13-14-18(17)28)31-25-29-19-7-1-3-9-21(19)32(25)23-11-5-6-12-24(23)33-22-10-4-2-8-20(22)30-26(31)33/h1-15H. The van der Waals surface area contributed by atoms with Crippen molar-refractivity contribution in [3.05, 3.63) is 101 Å². The van der Waals surface area contributed by atoms with Gasteiger partial charge in [-0.15, -0.1) is 0 Å². The number of benzene rings is 4. The third-order valence-corrected chi connectivity index (χ3v) is 6.62. The fourth-order valence-electron chi connectivity index (χ4n) is 4.59. The number of rotatable bonds is 1. The molecule has 0 bridgehead atoms. The maximum absolute atomic E-state index is 14.2. The second kappa shape index (κ2) is 6.76. The zero-order chi connectivity index (χ0) is 22.1. The van der Waals surface area contributed by atoms with Crippen molar-refractivity contribution in [1.82, 2.24) is 23.3 Å². The molecule has 3 heterocycles. The zero-order valence-corrected chi connectivity index (χ0v) is 18.7. The van der Waals surface area contributed by atoms with E-state index >= 15 is 0 Å². The van der Waals surface area contributed by atoms with Gasteiger partial charge in [0.25, 0.3) is 0 Å². The molecule has 0 unspecified atom stereocenters. The molecule has 0 saturated heterocycles. The van der Waals surface area contributed by atoms with E-state index in [-0.39, 0.29) is 5.82 Å². The molecule has 0 spiro atoms. The topological polar surface area (TPSA) is 39.5 Å². The van der Waals surface area contributed by atoms with Crippen molar-refractivity contribution >= 4 is 60.6 Å². The first-order valence-electron chi connectivity index (χ1n) is 10.5. The predicted molar refractivity (Wildman–Crippen MR) is 132 cm³/mol. The van der Waals surface area contributed by atoms with E-state index in [4.69, 9.17) is 9.97 Å². The van der Waals surface area contributed by atoms with Crippen molar-refractivity contribution in [2.45, 2.75) is 0 Å². The first kappa shape index (κ1) is 18.6. The van der Waals surface area contributed by atoms with Crippen molar-refractivity contribution in [2.75, 3.05) is 0 Å². The lowest BCUT2D eigenvalue weighted by Crippen LogP contribution is -2.02. The summed E-state index contributed by atoms with van der Waals surface area (Å²) in [5, 5.41) is 0. The number of para-hydroxylation sites is 6. The molecule has 0 radical (unpaired) electrons. The van der Waals surface area contributed by atoms with Crippen LogP contribution in [0.3, 0.4) is 0 Å². The highest BCUT2D eigenvalue weighted by atomic mass is 79.9. The first-order valence-corrected chi connectivity index (χ1v) is 11.3. The molecule has 7 rings (SSSR count). The van der Waals surface area contributed by atoms with Crippen LogP contribution in [-0.4, -0.2) is 23.3 Å². The van der Waals surface area contributed by atoms with E-state index in [9.17, 15) is 4.39 Å². The molecule has 4 aromatic carbocycles. The molecule has 3 aromatic heterocycles. The number of aromatic nitrogens is 5. The molecule has 0 aliphatic rings. The van der Waals surface area contributed by atoms with Crippen LogP contribution in [0.2, 0.25) is 0 Å². The molecule has 0 fully saturated rings. The van der Waals surface area contributed by atoms with E-state index < -0.39 is 0 Å². The fourth-order valence-corrected chi connectivity index (χ4v) is 4.96. The van der Waals surface area contributed by atoms with Crippen LogP contribution in [0.1, 0.15) is 0 Å². The Labute approximate surface area is 195 Å². The molecule has 0 amide bonds. The Morgan fingerprint density at radius 3 is 1.61 bits per heavy atom. The van der Waals surface area contributed by atoms with Gasteiger partial charge in [0.2, 0.25) is 11.6 Å². The van der Waals surface area contributed by atoms with Gasteiger partial charge in [-0.3, -0.25) is 8.80 Å². The molecule has 33 heavy (non-hydrogen) atoms. The van der Waals surface area contributed by atoms with Gasteiger partial charge in [-0.1, -0.05) is 36.4 Å². The van der Waals surface area contributed by atoms with E-state index in [1.807, 2.05) is 53.1 Å². The molecule has 158 valence electrons. The molecule has 0 saturated carbocycles. The quantitative estimate of drug-likeness (QED) is 0.254. The smallest absolute Gasteiger partial charge is 0.223 e. The summed E-state index contributed by atoms with van der Waals surface area (Å²) < 4.78 is 20.8. The fraction of sp³-hybridized carbons (Fsp3) is 0. The van der Waals surface area contributed by atoms with Crippen LogP contribution in [0, 0.1) is 5.82 Å². The van der Waals surface area contributed by atoms with Gasteiger partial charge in [0.05, 0.1) is 43.3 Å². The van der Waals surface area contributed by atoms with Crippen molar-refractivity contribution in [2.24, 2.45) is 0 Å². The van der Waals surface area contributed by atoms with Gasteiger partial charge in [-0.2, -0.15) is 0 Å². The van der Waals surface area contributed by atoms with E-state index in [1.54, 1.807) is 12.1 Å². The lowest BCUT2D eigenvalue weighted by atomic mass is 10.2. The van der Waals surface area contributed by atoms with Crippen molar-refractivity contribution in [3.63, 3.8) is 0 Å². The van der Waals surface area contributed by atoms with Crippen molar-refractivity contribution in [1.29, 1.82) is 0 Å². The van der Waals surface area contributed by atoms with Crippen LogP contribution in [0.5, 0.6) is 0 Å². The molecule has 7 aromatic rings. The number of hydrogen-bond acceptors (Lipinski definition) is 2. The number of fused-ring (bicyclic) bond motifs is 9. The first-order chi connectivity index (χ1) is 16.2. The van der Waals surface area contributed by atoms with Crippen LogP contribution in [-0.2, 0) is 0 Å². The second-order valence-corrected chi connectivity index (χ2v) is 8.75. The van der Waals surface area contributed by atoms with Gasteiger partial charge < -0.3 is 0 Å². The SMILES string of the molecule is Fc1ccc(-n2c3nc4ccccc4n3c3ccccc3n3c4ccccc4nc23)cc1Br. The second-order valence-electron chi connectivity index (χ2n) is 7.89. The summed E-state index contributed by atoms with van der Waals surface area (Å²) in [5.41, 5.74) is 6.46. The minimum atomic E-state index is -0.320. The third-order valence-electron chi connectivity index (χ3n) is 6.01. The molecule has 0 aliphatic carbocycles. The minimum Gasteiger partial charge on any atom is -0.276 e. The van der Waals surface area contributed by atoms with Gasteiger partial charge in [0, 0.05) is 0 Å². The number of nitrogens with zero attached hydrogens (tertiary/aromatic N) is 5. The zero-order valence-electron chi connectivity index (χ0n) is 17.2. The van der Waals surface area contributed by atoms with Gasteiger partial charge in [0.15, 0.2) is 0 Å². The van der Waals surface area contributed by atoms with Crippen molar-refractivity contribution < 1.29 is 4.39 Å². The molecule has 5 nitrogen and oxygen atoms in total. The van der Waals surface area contributed by atoms with Crippen LogP contribution >= 0.6 is 15.9 Å². The molecule has 7 heteroatoms. The Kier molecular flexibility index (Phi) is 3.81. The van der Waals surface area contributed by atoms with Crippen LogP contribution in [0.25, 0.3) is 50.3 Å². The van der Waals surface area contributed by atoms with Crippen LogP contribution in [0.4, 0.5) is 4.39 Å². The highest BCUT2D eigenvalue weighted by Gasteiger charge is 2.18. The third kappa shape index (κ3) is 2.57. The normalized spacial score (nSPS) is 11.9. The van der Waals surface area contributed by atoms with Gasteiger partial charge in [0.1, 0.15) is 5.82 Å². The minimum absolute atomic E-state index is 0.320. The Hall–Kier alpha value is -3.97. The van der Waals surface area contributed by atoms with E-state index in [2.05, 4.69) is 49.0 Å². The maximum Gasteiger partial charge on any atom is 0.223 e. The van der Waals surface area contributed by atoms with E-state index in [0.717, 1.165) is 38.8 Å². The van der Waals surface area contributed by atoms with Gasteiger partial charge in [-0.25, -0.2) is 18.9 Å². The average Bonchev–Trinajstić information content (AvgIpc) is 3.37. The van der Waals surface area contributed by atoms with E-state index in [1.165, 1.54) is 6.07 Å². The Morgan fingerprint density at radius 1 is 0.606 bits per heavy atom. The summed E-state index contributed by atoms with van der Waals surface area (Å²) >= 11 is 3.35. The highest BCUT2D eigenvalue weighted by Crippen LogP contribution is 2.30. The van der Waals surface area contributed by atoms with Gasteiger partial charge >= 0.3 is 0 Å². The Bertz CT molecular complexity index is 1800. The summed E-state index contributed by atoms with van der Waals surface area (Å²) in [6.07, 6.45) is 0. The number of imidazole rings is 2. The van der Waals surface area contributed by atoms with Crippen molar-refractivity contribution in [3.8, 4) is 5.69 Å². The maximum atomic E-state index is 14.2. The van der Waals surface area contributed by atoms with Gasteiger partial charge in [-0.05, 0) is 70.5 Å². The summed E-state index contributed by atoms with van der Waals surface area (Å²) in [6.45, 7) is 0. The monoisotopic (exact) mass is 495 g/mol.